The number of pyridine rings is 1. The first-order valence-corrected chi connectivity index (χ1v) is 5.52. The molecule has 98 valence electrons. The van der Waals surface area contributed by atoms with E-state index < -0.39 is 28.8 Å². The Morgan fingerprint density at radius 3 is 2.68 bits per heavy atom. The molecule has 2 rings (SSSR count). The highest BCUT2D eigenvalue weighted by Crippen LogP contribution is 2.19. The number of hydrogen-bond acceptors (Lipinski definition) is 3. The largest absolute Gasteiger partial charge is 0.396 e. The molecule has 0 unspecified atom stereocenters. The first kappa shape index (κ1) is 13.2. The quantitative estimate of drug-likeness (QED) is 0.658. The van der Waals surface area contributed by atoms with Crippen molar-refractivity contribution in [2.75, 3.05) is 11.1 Å². The summed E-state index contributed by atoms with van der Waals surface area (Å²) in [6.07, 6.45) is 1.29. The van der Waals surface area contributed by atoms with Crippen molar-refractivity contribution in [1.29, 1.82) is 0 Å². The maximum absolute atomic E-state index is 13.6. The number of carbonyl (C=O) groups is 1. The van der Waals surface area contributed by atoms with E-state index in [9.17, 15) is 13.6 Å². The van der Waals surface area contributed by atoms with Gasteiger partial charge in [0.1, 0.15) is 11.0 Å². The van der Waals surface area contributed by atoms with Crippen molar-refractivity contribution in [2.45, 2.75) is 0 Å². The molecule has 7 heteroatoms. The standard InChI is InChI=1S/C12H8ClF2N3O/c13-10-2-1-7(5-17-10)18-12(19)8-3-6(14)4-9(16)11(8)15/h1-5H,16H2,(H,18,19). The minimum atomic E-state index is -0.971. The van der Waals surface area contributed by atoms with Gasteiger partial charge in [-0.3, -0.25) is 4.79 Å². The number of nitrogens with two attached hydrogens (primary N) is 1. The lowest BCUT2D eigenvalue weighted by Crippen LogP contribution is -2.15. The van der Waals surface area contributed by atoms with Crippen LogP contribution in [0.5, 0.6) is 0 Å². The summed E-state index contributed by atoms with van der Waals surface area (Å²) in [7, 11) is 0. The van der Waals surface area contributed by atoms with E-state index in [2.05, 4.69) is 10.3 Å². The van der Waals surface area contributed by atoms with Gasteiger partial charge in [0.15, 0.2) is 5.82 Å². The van der Waals surface area contributed by atoms with Crippen LogP contribution in [0.1, 0.15) is 10.4 Å². The maximum Gasteiger partial charge on any atom is 0.258 e. The van der Waals surface area contributed by atoms with Crippen LogP contribution in [0, 0.1) is 11.6 Å². The van der Waals surface area contributed by atoms with Gasteiger partial charge in [0, 0.05) is 0 Å². The van der Waals surface area contributed by atoms with Gasteiger partial charge in [0.2, 0.25) is 0 Å². The Kier molecular flexibility index (Phi) is 3.62. The van der Waals surface area contributed by atoms with Crippen LogP contribution in [0.15, 0.2) is 30.5 Å². The fourth-order valence-corrected chi connectivity index (χ4v) is 1.54. The summed E-state index contributed by atoms with van der Waals surface area (Å²) in [5.41, 5.74) is 4.64. The highest BCUT2D eigenvalue weighted by atomic mass is 35.5. The third-order valence-corrected chi connectivity index (χ3v) is 2.52. The summed E-state index contributed by atoms with van der Waals surface area (Å²) >= 11 is 5.58. The molecule has 2 aromatic rings. The predicted molar refractivity (Wildman–Crippen MR) is 68.0 cm³/mol. The second-order valence-electron chi connectivity index (χ2n) is 3.68. The van der Waals surface area contributed by atoms with Crippen molar-refractivity contribution in [1.82, 2.24) is 4.98 Å². The zero-order valence-electron chi connectivity index (χ0n) is 9.45. The molecule has 3 N–H and O–H groups in total. The number of nitrogens with one attached hydrogen (secondary N) is 1. The molecule has 0 saturated heterocycles. The van der Waals surface area contributed by atoms with Crippen LogP contribution in [-0.4, -0.2) is 10.9 Å². The predicted octanol–water partition coefficient (Wildman–Crippen LogP) is 2.85. The monoisotopic (exact) mass is 283 g/mol. The Balaban J connectivity index is 2.27. The van der Waals surface area contributed by atoms with Crippen LogP contribution in [0.25, 0.3) is 0 Å². The number of rotatable bonds is 2. The summed E-state index contributed by atoms with van der Waals surface area (Å²) < 4.78 is 26.7. The molecule has 4 nitrogen and oxygen atoms in total. The molecule has 0 aliphatic rings. The van der Waals surface area contributed by atoms with E-state index >= 15 is 0 Å². The van der Waals surface area contributed by atoms with E-state index in [0.29, 0.717) is 5.69 Å². The first-order chi connectivity index (χ1) is 8.97. The summed E-state index contributed by atoms with van der Waals surface area (Å²) in [4.78, 5) is 15.5. The van der Waals surface area contributed by atoms with Crippen molar-refractivity contribution >= 4 is 28.9 Å². The Morgan fingerprint density at radius 2 is 2.05 bits per heavy atom. The van der Waals surface area contributed by atoms with Crippen LogP contribution >= 0.6 is 11.6 Å². The summed E-state index contributed by atoms with van der Waals surface area (Å²) in [5, 5.41) is 2.61. The number of nitrogen functional groups attached to an aromatic ring is 1. The Labute approximate surface area is 112 Å². The number of halogens is 3. The van der Waals surface area contributed by atoms with Crippen LogP contribution in [0.2, 0.25) is 5.15 Å². The lowest BCUT2D eigenvalue weighted by atomic mass is 10.1. The molecule has 0 saturated carbocycles. The minimum Gasteiger partial charge on any atom is -0.396 e. The van der Waals surface area contributed by atoms with Crippen LogP contribution < -0.4 is 11.1 Å². The molecular weight excluding hydrogens is 276 g/mol. The Hall–Kier alpha value is -2.21. The normalized spacial score (nSPS) is 10.3. The van der Waals surface area contributed by atoms with Gasteiger partial charge in [0.25, 0.3) is 5.91 Å². The van der Waals surface area contributed by atoms with E-state index in [1.54, 1.807) is 0 Å². The van der Waals surface area contributed by atoms with Gasteiger partial charge in [-0.15, -0.1) is 0 Å². The smallest absolute Gasteiger partial charge is 0.258 e. The van der Waals surface area contributed by atoms with Gasteiger partial charge in [-0.05, 0) is 24.3 Å². The molecular formula is C12H8ClF2N3O. The summed E-state index contributed by atoms with van der Waals surface area (Å²) in [5.74, 6) is -2.59. The molecule has 0 aliphatic carbocycles. The highest BCUT2D eigenvalue weighted by Gasteiger charge is 2.16. The van der Waals surface area contributed by atoms with Gasteiger partial charge in [0.05, 0.1) is 23.1 Å². The molecule has 1 heterocycles. The number of anilines is 2. The zero-order chi connectivity index (χ0) is 14.0. The SMILES string of the molecule is Nc1cc(F)cc(C(=O)Nc2ccc(Cl)nc2)c1F. The third-order valence-electron chi connectivity index (χ3n) is 2.30. The third kappa shape index (κ3) is 2.97. The molecule has 1 aromatic heterocycles. The molecule has 0 bridgehead atoms. The van der Waals surface area contributed by atoms with E-state index in [1.807, 2.05) is 0 Å². The minimum absolute atomic E-state index is 0.249. The van der Waals surface area contributed by atoms with Crippen LogP contribution in [0.4, 0.5) is 20.2 Å². The number of carbonyl (C=O) groups excluding carboxylic acids is 1. The maximum atomic E-state index is 13.6. The molecule has 0 atom stereocenters. The van der Waals surface area contributed by atoms with Crippen LogP contribution in [-0.2, 0) is 0 Å². The van der Waals surface area contributed by atoms with Crippen molar-refractivity contribution in [3.8, 4) is 0 Å². The van der Waals surface area contributed by atoms with Gasteiger partial charge in [-0.1, -0.05) is 11.6 Å². The van der Waals surface area contributed by atoms with Crippen molar-refractivity contribution in [3.05, 3.63) is 52.8 Å². The highest BCUT2D eigenvalue weighted by molar-refractivity contribution is 6.29. The molecule has 0 radical (unpaired) electrons. The second kappa shape index (κ2) is 5.19. The van der Waals surface area contributed by atoms with E-state index in [-0.39, 0.29) is 5.15 Å². The van der Waals surface area contributed by atoms with Crippen molar-refractivity contribution in [3.63, 3.8) is 0 Å². The first-order valence-electron chi connectivity index (χ1n) is 5.15. The van der Waals surface area contributed by atoms with Gasteiger partial charge in [-0.2, -0.15) is 0 Å². The van der Waals surface area contributed by atoms with Crippen molar-refractivity contribution in [2.24, 2.45) is 0 Å². The van der Waals surface area contributed by atoms with E-state index in [1.165, 1.54) is 18.3 Å². The van der Waals surface area contributed by atoms with E-state index in [4.69, 9.17) is 17.3 Å². The lowest BCUT2D eigenvalue weighted by molar-refractivity contribution is 0.102. The van der Waals surface area contributed by atoms with Crippen molar-refractivity contribution < 1.29 is 13.6 Å². The van der Waals surface area contributed by atoms with Gasteiger partial charge in [-0.25, -0.2) is 13.8 Å². The number of nitrogens with zero attached hydrogens (tertiary/aromatic N) is 1. The second-order valence-corrected chi connectivity index (χ2v) is 4.07. The summed E-state index contributed by atoms with van der Waals surface area (Å²) in [6.45, 7) is 0. The molecule has 0 aliphatic heterocycles. The topological polar surface area (TPSA) is 68.0 Å². The lowest BCUT2D eigenvalue weighted by Gasteiger charge is -2.07. The number of benzene rings is 1. The van der Waals surface area contributed by atoms with Gasteiger partial charge >= 0.3 is 0 Å². The van der Waals surface area contributed by atoms with Crippen LogP contribution in [0.3, 0.4) is 0 Å². The summed E-state index contributed by atoms with van der Waals surface area (Å²) in [6, 6.07) is 4.50. The fraction of sp³-hybridized carbons (Fsp3) is 0. The van der Waals surface area contributed by atoms with E-state index in [0.717, 1.165) is 12.1 Å². The number of amides is 1. The Bertz CT molecular complexity index is 632. The number of aromatic nitrogens is 1. The van der Waals surface area contributed by atoms with Gasteiger partial charge < -0.3 is 11.1 Å². The zero-order valence-corrected chi connectivity index (χ0v) is 10.2. The molecule has 19 heavy (non-hydrogen) atoms. The molecule has 0 spiro atoms. The molecule has 0 fully saturated rings. The number of hydrogen-bond donors (Lipinski definition) is 2. The average Bonchev–Trinajstić information content (AvgIpc) is 2.36. The molecule has 1 amide bonds. The Morgan fingerprint density at radius 1 is 1.32 bits per heavy atom. The fourth-order valence-electron chi connectivity index (χ4n) is 1.42. The average molecular weight is 284 g/mol. The molecule has 1 aromatic carbocycles.